The number of hydrogen-bond donors (Lipinski definition) is 2. The van der Waals surface area contributed by atoms with Crippen LogP contribution in [0, 0.1) is 5.82 Å². The standard InChI is InChI=1S/C11H8BrClFN3O2S/c12-6-1-10(11(13)16-5-6)17-20(18,19)9-3-7(14)2-8(15)4-9/h1-5,17H,15H2. The molecule has 2 rings (SSSR count). The van der Waals surface area contributed by atoms with Crippen LogP contribution in [0.15, 0.2) is 39.8 Å². The maximum absolute atomic E-state index is 13.2. The molecule has 1 aromatic carbocycles. The molecule has 106 valence electrons. The number of aromatic nitrogens is 1. The van der Waals surface area contributed by atoms with E-state index in [0.29, 0.717) is 4.47 Å². The second-order valence-corrected chi connectivity index (χ2v) is 6.77. The van der Waals surface area contributed by atoms with Crippen LogP contribution >= 0.6 is 27.5 Å². The molecule has 0 spiro atoms. The van der Waals surface area contributed by atoms with Crippen molar-refractivity contribution in [1.82, 2.24) is 4.98 Å². The molecule has 0 saturated carbocycles. The number of anilines is 2. The van der Waals surface area contributed by atoms with Crippen LogP contribution in [0.3, 0.4) is 0 Å². The van der Waals surface area contributed by atoms with E-state index in [2.05, 4.69) is 25.6 Å². The highest BCUT2D eigenvalue weighted by Crippen LogP contribution is 2.26. The van der Waals surface area contributed by atoms with Crippen LogP contribution < -0.4 is 10.5 Å². The predicted octanol–water partition coefficient (Wildman–Crippen LogP) is 3.02. The minimum Gasteiger partial charge on any atom is -0.399 e. The molecule has 0 aliphatic rings. The van der Waals surface area contributed by atoms with Crippen LogP contribution in [0.5, 0.6) is 0 Å². The molecule has 0 unspecified atom stereocenters. The van der Waals surface area contributed by atoms with Crippen LogP contribution in [-0.4, -0.2) is 13.4 Å². The van der Waals surface area contributed by atoms with Crippen molar-refractivity contribution in [2.45, 2.75) is 4.90 Å². The molecular formula is C11H8BrClFN3O2S. The van der Waals surface area contributed by atoms with Crippen molar-refractivity contribution < 1.29 is 12.8 Å². The molecule has 0 aliphatic carbocycles. The largest absolute Gasteiger partial charge is 0.399 e. The smallest absolute Gasteiger partial charge is 0.262 e. The second-order valence-electron chi connectivity index (χ2n) is 3.82. The molecule has 2 aromatic rings. The van der Waals surface area contributed by atoms with E-state index in [-0.39, 0.29) is 21.4 Å². The Morgan fingerprint density at radius 1 is 1.30 bits per heavy atom. The zero-order valence-corrected chi connectivity index (χ0v) is 12.9. The Balaban J connectivity index is 2.43. The van der Waals surface area contributed by atoms with Crippen molar-refractivity contribution in [2.75, 3.05) is 10.5 Å². The van der Waals surface area contributed by atoms with Gasteiger partial charge in [-0.2, -0.15) is 0 Å². The molecule has 0 atom stereocenters. The quantitative estimate of drug-likeness (QED) is 0.633. The zero-order chi connectivity index (χ0) is 14.9. The number of nitrogen functional groups attached to an aromatic ring is 1. The maximum Gasteiger partial charge on any atom is 0.262 e. The van der Waals surface area contributed by atoms with E-state index in [1.807, 2.05) is 0 Å². The maximum atomic E-state index is 13.2. The Bertz CT molecular complexity index is 750. The van der Waals surface area contributed by atoms with Crippen molar-refractivity contribution in [3.05, 3.63) is 45.9 Å². The normalized spacial score (nSPS) is 11.3. The Kier molecular flexibility index (Phi) is 4.17. The predicted molar refractivity (Wildman–Crippen MR) is 78.6 cm³/mol. The highest BCUT2D eigenvalue weighted by molar-refractivity contribution is 9.10. The van der Waals surface area contributed by atoms with E-state index in [0.717, 1.165) is 18.2 Å². The molecular weight excluding hydrogens is 373 g/mol. The highest BCUT2D eigenvalue weighted by atomic mass is 79.9. The molecule has 3 N–H and O–H groups in total. The van der Waals surface area contributed by atoms with Crippen molar-refractivity contribution in [3.8, 4) is 0 Å². The van der Waals surface area contributed by atoms with Crippen LogP contribution in [0.1, 0.15) is 0 Å². The van der Waals surface area contributed by atoms with E-state index < -0.39 is 15.8 Å². The van der Waals surface area contributed by atoms with Gasteiger partial charge in [0.05, 0.1) is 10.6 Å². The molecule has 1 aromatic heterocycles. The van der Waals surface area contributed by atoms with Gasteiger partial charge in [-0.25, -0.2) is 17.8 Å². The SMILES string of the molecule is Nc1cc(F)cc(S(=O)(=O)Nc2cc(Br)cnc2Cl)c1. The fourth-order valence-corrected chi connectivity index (χ4v) is 3.10. The van der Waals surface area contributed by atoms with Crippen molar-refractivity contribution in [1.29, 1.82) is 0 Å². The van der Waals surface area contributed by atoms with Crippen molar-refractivity contribution in [2.24, 2.45) is 0 Å². The molecule has 0 bridgehead atoms. The van der Waals surface area contributed by atoms with Gasteiger partial charge in [-0.05, 0) is 40.2 Å². The second kappa shape index (κ2) is 5.55. The molecule has 0 saturated heterocycles. The van der Waals surface area contributed by atoms with Gasteiger partial charge < -0.3 is 5.73 Å². The molecule has 0 aliphatic heterocycles. The third-order valence-electron chi connectivity index (χ3n) is 2.25. The minimum absolute atomic E-state index is 0.00355. The highest BCUT2D eigenvalue weighted by Gasteiger charge is 2.18. The lowest BCUT2D eigenvalue weighted by Crippen LogP contribution is -2.14. The summed E-state index contributed by atoms with van der Waals surface area (Å²) < 4.78 is 40.3. The van der Waals surface area contributed by atoms with Crippen molar-refractivity contribution >= 4 is 48.9 Å². The number of rotatable bonds is 3. The van der Waals surface area contributed by atoms with Gasteiger partial charge >= 0.3 is 0 Å². The van der Waals surface area contributed by atoms with Gasteiger partial charge in [-0.1, -0.05) is 11.6 Å². The fraction of sp³-hybridized carbons (Fsp3) is 0. The first-order valence-corrected chi connectivity index (χ1v) is 7.83. The van der Waals surface area contributed by atoms with Crippen LogP contribution in [-0.2, 0) is 10.0 Å². The Labute approximate surface area is 128 Å². The summed E-state index contributed by atoms with van der Waals surface area (Å²) in [6, 6.07) is 4.46. The summed E-state index contributed by atoms with van der Waals surface area (Å²) in [5.41, 5.74) is 5.50. The number of benzene rings is 1. The van der Waals surface area contributed by atoms with E-state index in [9.17, 15) is 12.8 Å². The third kappa shape index (κ3) is 3.38. The summed E-state index contributed by atoms with van der Waals surface area (Å²) in [7, 11) is -4.01. The van der Waals surface area contributed by atoms with E-state index in [4.69, 9.17) is 17.3 Å². The first kappa shape index (κ1) is 15.0. The number of hydrogen-bond acceptors (Lipinski definition) is 4. The third-order valence-corrected chi connectivity index (χ3v) is 4.33. The summed E-state index contributed by atoms with van der Waals surface area (Å²) in [5.74, 6) is -0.746. The summed E-state index contributed by atoms with van der Waals surface area (Å²) in [6.45, 7) is 0. The van der Waals surface area contributed by atoms with Crippen molar-refractivity contribution in [3.63, 3.8) is 0 Å². The van der Waals surface area contributed by atoms with Crippen LogP contribution in [0.4, 0.5) is 15.8 Å². The zero-order valence-electron chi connectivity index (χ0n) is 9.77. The molecule has 5 nitrogen and oxygen atoms in total. The first-order chi connectivity index (χ1) is 9.28. The number of sulfonamides is 1. The molecule has 0 amide bonds. The monoisotopic (exact) mass is 379 g/mol. The van der Waals surface area contributed by atoms with Gasteiger partial charge in [0, 0.05) is 16.4 Å². The lowest BCUT2D eigenvalue weighted by Gasteiger charge is -2.10. The molecule has 0 radical (unpaired) electrons. The lowest BCUT2D eigenvalue weighted by atomic mass is 10.3. The van der Waals surface area contributed by atoms with Gasteiger partial charge in [0.1, 0.15) is 5.82 Å². The Hall–Kier alpha value is -1.38. The number of pyridine rings is 1. The molecule has 1 heterocycles. The van der Waals surface area contributed by atoms with Crippen LogP contribution in [0.2, 0.25) is 5.15 Å². The van der Waals surface area contributed by atoms with Gasteiger partial charge in [0.15, 0.2) is 5.15 Å². The topological polar surface area (TPSA) is 85.1 Å². The van der Waals surface area contributed by atoms with Crippen LogP contribution in [0.25, 0.3) is 0 Å². The van der Waals surface area contributed by atoms with E-state index in [1.54, 1.807) is 0 Å². The summed E-state index contributed by atoms with van der Waals surface area (Å²) in [4.78, 5) is 3.48. The van der Waals surface area contributed by atoms with E-state index >= 15 is 0 Å². The Morgan fingerprint density at radius 2 is 2.00 bits per heavy atom. The lowest BCUT2D eigenvalue weighted by molar-refractivity contribution is 0.595. The fourth-order valence-electron chi connectivity index (χ4n) is 1.44. The summed E-state index contributed by atoms with van der Waals surface area (Å²) in [6.07, 6.45) is 1.42. The molecule has 0 fully saturated rings. The average molecular weight is 381 g/mol. The molecule has 20 heavy (non-hydrogen) atoms. The number of nitrogens with two attached hydrogens (primary N) is 1. The Morgan fingerprint density at radius 3 is 2.65 bits per heavy atom. The summed E-state index contributed by atoms with van der Waals surface area (Å²) in [5, 5.41) is -0.0267. The van der Waals surface area contributed by atoms with Gasteiger partial charge in [0.2, 0.25) is 0 Å². The van der Waals surface area contributed by atoms with Gasteiger partial charge in [-0.3, -0.25) is 4.72 Å². The number of nitrogens with one attached hydrogen (secondary N) is 1. The minimum atomic E-state index is -4.01. The van der Waals surface area contributed by atoms with E-state index in [1.165, 1.54) is 12.3 Å². The number of halogens is 3. The first-order valence-electron chi connectivity index (χ1n) is 5.18. The average Bonchev–Trinajstić information content (AvgIpc) is 2.32. The van der Waals surface area contributed by atoms with Gasteiger partial charge in [-0.15, -0.1) is 0 Å². The number of nitrogens with zero attached hydrogens (tertiary/aromatic N) is 1. The molecule has 9 heteroatoms. The van der Waals surface area contributed by atoms with Gasteiger partial charge in [0.25, 0.3) is 10.0 Å². The summed E-state index contributed by atoms with van der Waals surface area (Å²) >= 11 is 8.94.